The Labute approximate surface area is 88.1 Å². The van der Waals surface area contributed by atoms with Crippen LogP contribution in [0.4, 0.5) is 4.39 Å². The van der Waals surface area contributed by atoms with Crippen molar-refractivity contribution >= 4 is 26.8 Å². The van der Waals surface area contributed by atoms with Crippen LogP contribution in [0.3, 0.4) is 0 Å². The fraction of sp³-hybridized carbons (Fsp3) is 0. The van der Waals surface area contributed by atoms with Crippen LogP contribution in [0, 0.1) is 17.1 Å². The molecule has 1 aromatic heterocycles. The quantitative estimate of drug-likeness (QED) is 0.721. The number of nitrogens with zero attached hydrogens (tertiary/aromatic N) is 2. The highest BCUT2D eigenvalue weighted by Crippen LogP contribution is 2.24. The van der Waals surface area contributed by atoms with Gasteiger partial charge in [-0.2, -0.15) is 5.26 Å². The molecule has 0 spiro atoms. The summed E-state index contributed by atoms with van der Waals surface area (Å²) in [6.45, 7) is 0. The highest BCUT2D eigenvalue weighted by atomic mass is 79.9. The Balaban J connectivity index is 2.89. The molecule has 1 heterocycles. The molecule has 0 aliphatic carbocycles. The molecule has 0 atom stereocenters. The molecule has 2 aromatic rings. The topological polar surface area (TPSA) is 36.7 Å². The van der Waals surface area contributed by atoms with Gasteiger partial charge in [-0.25, -0.2) is 9.37 Å². The number of benzene rings is 1. The molecule has 0 radical (unpaired) electrons. The molecular formula is C10H4BrFN2. The lowest BCUT2D eigenvalue weighted by molar-refractivity contribution is 0.636. The standard InChI is InChI=1S/C10H4BrFN2/c11-8-3-4-9(12)10-7(8)2-1-6(5-13)14-10/h1-4H. The maximum Gasteiger partial charge on any atom is 0.149 e. The van der Waals surface area contributed by atoms with Crippen LogP contribution in [-0.4, -0.2) is 4.98 Å². The fourth-order valence-electron chi connectivity index (χ4n) is 1.21. The molecule has 0 bridgehead atoms. The number of rotatable bonds is 0. The minimum absolute atomic E-state index is 0.217. The first-order valence-electron chi connectivity index (χ1n) is 3.87. The van der Waals surface area contributed by atoms with E-state index in [-0.39, 0.29) is 11.2 Å². The van der Waals surface area contributed by atoms with Crippen LogP contribution in [0.1, 0.15) is 5.69 Å². The average Bonchev–Trinajstić information content (AvgIpc) is 2.23. The van der Waals surface area contributed by atoms with Crippen molar-refractivity contribution in [3.63, 3.8) is 0 Å². The SMILES string of the molecule is N#Cc1ccc2c(Br)ccc(F)c2n1. The fourth-order valence-corrected chi connectivity index (χ4v) is 1.66. The number of aromatic nitrogens is 1. The third-order valence-corrected chi connectivity index (χ3v) is 2.56. The smallest absolute Gasteiger partial charge is 0.149 e. The lowest BCUT2D eigenvalue weighted by Gasteiger charge is -2.00. The summed E-state index contributed by atoms with van der Waals surface area (Å²) in [5.41, 5.74) is 0.438. The molecule has 0 fully saturated rings. The first-order chi connectivity index (χ1) is 6.72. The monoisotopic (exact) mass is 250 g/mol. The first-order valence-corrected chi connectivity index (χ1v) is 4.66. The van der Waals surface area contributed by atoms with Gasteiger partial charge in [0.2, 0.25) is 0 Å². The van der Waals surface area contributed by atoms with Crippen molar-refractivity contribution in [3.05, 3.63) is 40.2 Å². The van der Waals surface area contributed by atoms with Gasteiger partial charge in [-0.05, 0) is 24.3 Å². The van der Waals surface area contributed by atoms with Gasteiger partial charge < -0.3 is 0 Å². The summed E-state index contributed by atoms with van der Waals surface area (Å²) < 4.78 is 14.1. The van der Waals surface area contributed by atoms with Crippen molar-refractivity contribution in [1.82, 2.24) is 4.98 Å². The van der Waals surface area contributed by atoms with Gasteiger partial charge in [0.15, 0.2) is 0 Å². The van der Waals surface area contributed by atoms with Gasteiger partial charge in [0.25, 0.3) is 0 Å². The van der Waals surface area contributed by atoms with Crippen molar-refractivity contribution in [2.75, 3.05) is 0 Å². The van der Waals surface area contributed by atoms with E-state index in [2.05, 4.69) is 20.9 Å². The van der Waals surface area contributed by atoms with E-state index in [1.807, 2.05) is 6.07 Å². The number of hydrogen-bond donors (Lipinski definition) is 0. The highest BCUT2D eigenvalue weighted by molar-refractivity contribution is 9.10. The first kappa shape index (κ1) is 9.10. The summed E-state index contributed by atoms with van der Waals surface area (Å²) >= 11 is 3.29. The number of nitriles is 1. The van der Waals surface area contributed by atoms with Gasteiger partial charge >= 0.3 is 0 Å². The normalized spacial score (nSPS) is 10.1. The largest absolute Gasteiger partial charge is 0.234 e. The molecule has 0 aliphatic rings. The van der Waals surface area contributed by atoms with Gasteiger partial charge in [-0.3, -0.25) is 0 Å². The predicted molar refractivity (Wildman–Crippen MR) is 54.1 cm³/mol. The molecule has 4 heteroatoms. The van der Waals surface area contributed by atoms with Crippen molar-refractivity contribution in [1.29, 1.82) is 5.26 Å². The summed E-state index contributed by atoms with van der Waals surface area (Å²) in [5, 5.41) is 9.28. The maximum absolute atomic E-state index is 13.3. The van der Waals surface area contributed by atoms with E-state index in [1.54, 1.807) is 18.2 Å². The van der Waals surface area contributed by atoms with Crippen molar-refractivity contribution in [2.45, 2.75) is 0 Å². The Morgan fingerprint density at radius 3 is 2.79 bits per heavy atom. The molecular weight excluding hydrogens is 247 g/mol. The minimum Gasteiger partial charge on any atom is -0.234 e. The second kappa shape index (κ2) is 3.35. The van der Waals surface area contributed by atoms with Crippen LogP contribution >= 0.6 is 15.9 Å². The van der Waals surface area contributed by atoms with E-state index in [1.165, 1.54) is 6.07 Å². The second-order valence-corrected chi connectivity index (χ2v) is 3.59. The molecule has 14 heavy (non-hydrogen) atoms. The minimum atomic E-state index is -0.416. The van der Waals surface area contributed by atoms with Gasteiger partial charge in [-0.15, -0.1) is 0 Å². The van der Waals surface area contributed by atoms with Crippen LogP contribution < -0.4 is 0 Å². The molecule has 2 nitrogen and oxygen atoms in total. The molecule has 0 aliphatic heterocycles. The number of pyridine rings is 1. The van der Waals surface area contributed by atoms with E-state index in [9.17, 15) is 4.39 Å². The van der Waals surface area contributed by atoms with Crippen molar-refractivity contribution in [2.24, 2.45) is 0 Å². The highest BCUT2D eigenvalue weighted by Gasteiger charge is 2.06. The molecule has 0 saturated carbocycles. The zero-order chi connectivity index (χ0) is 10.1. The van der Waals surface area contributed by atoms with E-state index in [0.29, 0.717) is 5.39 Å². The van der Waals surface area contributed by atoms with Crippen LogP contribution in [0.15, 0.2) is 28.7 Å². The maximum atomic E-state index is 13.3. The van der Waals surface area contributed by atoms with Crippen LogP contribution in [0.5, 0.6) is 0 Å². The predicted octanol–water partition coefficient (Wildman–Crippen LogP) is 3.01. The molecule has 0 unspecified atom stereocenters. The van der Waals surface area contributed by atoms with Crippen molar-refractivity contribution in [3.8, 4) is 6.07 Å². The molecule has 2 rings (SSSR count). The lowest BCUT2D eigenvalue weighted by Crippen LogP contribution is -1.88. The summed E-state index contributed by atoms with van der Waals surface area (Å²) in [6, 6.07) is 8.05. The van der Waals surface area contributed by atoms with Crippen LogP contribution in [-0.2, 0) is 0 Å². The molecule has 0 amide bonds. The number of fused-ring (bicyclic) bond motifs is 1. The zero-order valence-electron chi connectivity index (χ0n) is 6.96. The zero-order valence-corrected chi connectivity index (χ0v) is 8.55. The Kier molecular flexibility index (Phi) is 2.18. The van der Waals surface area contributed by atoms with Crippen LogP contribution in [0.25, 0.3) is 10.9 Å². The summed E-state index contributed by atoms with van der Waals surface area (Å²) in [7, 11) is 0. The Hall–Kier alpha value is -1.47. The summed E-state index contributed by atoms with van der Waals surface area (Å²) in [6.07, 6.45) is 0. The van der Waals surface area contributed by atoms with Gasteiger partial charge in [0, 0.05) is 9.86 Å². The van der Waals surface area contributed by atoms with E-state index >= 15 is 0 Å². The van der Waals surface area contributed by atoms with E-state index < -0.39 is 5.82 Å². The molecule has 1 aromatic carbocycles. The van der Waals surface area contributed by atoms with Gasteiger partial charge in [0.05, 0.1) is 0 Å². The molecule has 0 saturated heterocycles. The van der Waals surface area contributed by atoms with Gasteiger partial charge in [0.1, 0.15) is 23.1 Å². The average molecular weight is 251 g/mol. The lowest BCUT2D eigenvalue weighted by atomic mass is 10.2. The molecule has 0 N–H and O–H groups in total. The van der Waals surface area contributed by atoms with Gasteiger partial charge in [-0.1, -0.05) is 15.9 Å². The Morgan fingerprint density at radius 2 is 2.07 bits per heavy atom. The molecule has 68 valence electrons. The van der Waals surface area contributed by atoms with Crippen LogP contribution in [0.2, 0.25) is 0 Å². The number of halogens is 2. The Morgan fingerprint density at radius 1 is 1.29 bits per heavy atom. The summed E-state index contributed by atoms with van der Waals surface area (Å²) in [5.74, 6) is -0.416. The van der Waals surface area contributed by atoms with E-state index in [4.69, 9.17) is 5.26 Å². The number of hydrogen-bond acceptors (Lipinski definition) is 2. The third kappa shape index (κ3) is 1.36. The van der Waals surface area contributed by atoms with E-state index in [0.717, 1.165) is 4.47 Å². The van der Waals surface area contributed by atoms with Crippen molar-refractivity contribution < 1.29 is 4.39 Å². The Bertz CT molecular complexity index is 546. The second-order valence-electron chi connectivity index (χ2n) is 2.73. The third-order valence-electron chi connectivity index (χ3n) is 1.87. The summed E-state index contributed by atoms with van der Waals surface area (Å²) in [4.78, 5) is 3.89.